The number of rotatable bonds is 2. The minimum absolute atomic E-state index is 0.0131. The maximum Gasteiger partial charge on any atom is 0.0588 e. The summed E-state index contributed by atoms with van der Waals surface area (Å²) in [5.74, 6) is 0.192. The van der Waals surface area contributed by atoms with Gasteiger partial charge in [0, 0.05) is 11.1 Å². The Morgan fingerprint density at radius 1 is 1.82 bits per heavy atom. The van der Waals surface area contributed by atoms with Gasteiger partial charge in [0.05, 0.1) is 6.61 Å². The van der Waals surface area contributed by atoms with Crippen LogP contribution in [0, 0.1) is 5.92 Å². The third-order valence-electron chi connectivity index (χ3n) is 1.82. The Hall–Kier alpha value is -0.310. The van der Waals surface area contributed by atoms with Crippen LogP contribution in [0.3, 0.4) is 0 Å². The zero-order chi connectivity index (χ0) is 8.27. The zero-order valence-electron chi connectivity index (χ0n) is 6.20. The van der Waals surface area contributed by atoms with Gasteiger partial charge in [0.2, 0.25) is 0 Å². The lowest BCUT2D eigenvalue weighted by Crippen LogP contribution is -2.32. The maximum atomic E-state index is 8.75. The number of allylic oxidation sites excluding steroid dienone is 3. The smallest absolute Gasteiger partial charge is 0.0588 e. The number of aliphatic hydroxyl groups is 1. The van der Waals surface area contributed by atoms with E-state index in [1.165, 1.54) is 0 Å². The monoisotopic (exact) mass is 173 g/mol. The van der Waals surface area contributed by atoms with E-state index in [0.717, 1.165) is 6.42 Å². The molecular formula is C8H12ClNO. The molecule has 0 saturated carbocycles. The van der Waals surface area contributed by atoms with Gasteiger partial charge < -0.3 is 10.8 Å². The summed E-state index contributed by atoms with van der Waals surface area (Å²) >= 11 is 5.75. The van der Waals surface area contributed by atoms with Crippen molar-refractivity contribution in [2.75, 3.05) is 6.61 Å². The summed E-state index contributed by atoms with van der Waals surface area (Å²) in [6.45, 7) is 0.0131. The zero-order valence-corrected chi connectivity index (χ0v) is 6.96. The first-order chi connectivity index (χ1) is 5.24. The minimum atomic E-state index is -0.186. The highest BCUT2D eigenvalue weighted by atomic mass is 35.5. The van der Waals surface area contributed by atoms with Crippen molar-refractivity contribution in [1.82, 2.24) is 0 Å². The van der Waals surface area contributed by atoms with Crippen LogP contribution in [0.1, 0.15) is 6.42 Å². The van der Waals surface area contributed by atoms with Crippen molar-refractivity contribution in [3.63, 3.8) is 0 Å². The molecular weight excluding hydrogens is 162 g/mol. The number of nitrogens with two attached hydrogens (primary N) is 1. The second-order valence-corrected chi connectivity index (χ2v) is 3.14. The minimum Gasteiger partial charge on any atom is -0.395 e. The average Bonchev–Trinajstić information content (AvgIpc) is 2.03. The summed E-state index contributed by atoms with van der Waals surface area (Å²) in [7, 11) is 0. The maximum absolute atomic E-state index is 8.75. The molecule has 1 rings (SSSR count). The van der Waals surface area contributed by atoms with Crippen LogP contribution < -0.4 is 5.73 Å². The Labute approximate surface area is 71.3 Å². The van der Waals surface area contributed by atoms with Crippen molar-refractivity contribution in [1.29, 1.82) is 0 Å². The van der Waals surface area contributed by atoms with Gasteiger partial charge in [-0.1, -0.05) is 23.8 Å². The first-order valence-corrected chi connectivity index (χ1v) is 4.02. The first-order valence-electron chi connectivity index (χ1n) is 3.64. The van der Waals surface area contributed by atoms with E-state index in [2.05, 4.69) is 0 Å². The predicted octanol–water partition coefficient (Wildman–Crippen LogP) is 1.00. The van der Waals surface area contributed by atoms with Gasteiger partial charge in [-0.05, 0) is 18.4 Å². The molecule has 3 heteroatoms. The number of hydrogen-bond acceptors (Lipinski definition) is 2. The Bertz CT molecular complexity index is 189. The molecule has 0 aliphatic heterocycles. The molecule has 62 valence electrons. The molecule has 0 aromatic rings. The number of hydrogen-bond donors (Lipinski definition) is 2. The fourth-order valence-corrected chi connectivity index (χ4v) is 1.35. The molecule has 1 aliphatic rings. The predicted molar refractivity (Wildman–Crippen MR) is 46.2 cm³/mol. The van der Waals surface area contributed by atoms with Crippen molar-refractivity contribution in [2.45, 2.75) is 12.5 Å². The highest BCUT2D eigenvalue weighted by Crippen LogP contribution is 2.20. The van der Waals surface area contributed by atoms with E-state index < -0.39 is 0 Å². The highest BCUT2D eigenvalue weighted by Gasteiger charge is 2.15. The topological polar surface area (TPSA) is 46.2 Å². The number of aliphatic hydroxyl groups excluding tert-OH is 1. The molecule has 1 unspecified atom stereocenters. The molecule has 0 spiro atoms. The normalized spacial score (nSPS) is 26.5. The van der Waals surface area contributed by atoms with Crippen LogP contribution >= 0.6 is 11.6 Å². The molecule has 0 aromatic heterocycles. The van der Waals surface area contributed by atoms with Gasteiger partial charge in [0.15, 0.2) is 0 Å². The van der Waals surface area contributed by atoms with E-state index in [9.17, 15) is 0 Å². The quantitative estimate of drug-likeness (QED) is 0.655. The van der Waals surface area contributed by atoms with Gasteiger partial charge >= 0.3 is 0 Å². The van der Waals surface area contributed by atoms with Crippen molar-refractivity contribution in [3.8, 4) is 0 Å². The lowest BCUT2D eigenvalue weighted by molar-refractivity contribution is 0.241. The Kier molecular flexibility index (Phi) is 3.12. The number of halogens is 1. The molecule has 2 nitrogen and oxygen atoms in total. The van der Waals surface area contributed by atoms with Crippen LogP contribution in [-0.4, -0.2) is 17.8 Å². The third kappa shape index (κ3) is 2.33. The van der Waals surface area contributed by atoms with Crippen LogP contribution in [0.5, 0.6) is 0 Å². The van der Waals surface area contributed by atoms with Gasteiger partial charge in [0.25, 0.3) is 0 Å². The van der Waals surface area contributed by atoms with Crippen LogP contribution in [-0.2, 0) is 0 Å². The Balaban J connectivity index is 2.56. The van der Waals surface area contributed by atoms with Crippen LogP contribution in [0.15, 0.2) is 23.3 Å². The van der Waals surface area contributed by atoms with Crippen molar-refractivity contribution < 1.29 is 5.11 Å². The van der Waals surface area contributed by atoms with E-state index in [1.807, 2.05) is 18.2 Å². The molecule has 2 atom stereocenters. The standard InChI is InChI=1S/C8H12ClNO/c9-7-3-1-2-6(4-7)8(10)5-11/h1,3-4,6,8,11H,2,5,10H2/t6?,8-/m1/s1. The molecule has 0 saturated heterocycles. The van der Waals surface area contributed by atoms with E-state index >= 15 is 0 Å². The Morgan fingerprint density at radius 3 is 3.09 bits per heavy atom. The molecule has 0 bridgehead atoms. The van der Waals surface area contributed by atoms with Crippen molar-refractivity contribution in [3.05, 3.63) is 23.3 Å². The second kappa shape index (κ2) is 3.90. The largest absolute Gasteiger partial charge is 0.395 e. The molecule has 3 N–H and O–H groups in total. The summed E-state index contributed by atoms with van der Waals surface area (Å²) in [6, 6.07) is -0.186. The molecule has 11 heavy (non-hydrogen) atoms. The highest BCUT2D eigenvalue weighted by molar-refractivity contribution is 6.31. The van der Waals surface area contributed by atoms with E-state index in [-0.39, 0.29) is 18.6 Å². The van der Waals surface area contributed by atoms with Crippen molar-refractivity contribution in [2.24, 2.45) is 11.7 Å². The van der Waals surface area contributed by atoms with Crippen LogP contribution in [0.4, 0.5) is 0 Å². The van der Waals surface area contributed by atoms with E-state index in [0.29, 0.717) is 5.03 Å². The van der Waals surface area contributed by atoms with Crippen LogP contribution in [0.25, 0.3) is 0 Å². The summed E-state index contributed by atoms with van der Waals surface area (Å²) in [4.78, 5) is 0. The molecule has 0 heterocycles. The lowest BCUT2D eigenvalue weighted by atomic mass is 9.94. The molecule has 0 aromatic carbocycles. The molecule has 0 fully saturated rings. The van der Waals surface area contributed by atoms with Gasteiger partial charge in [-0.3, -0.25) is 0 Å². The SMILES string of the molecule is N[C@H](CO)C1C=C(Cl)C=CC1. The van der Waals surface area contributed by atoms with Crippen molar-refractivity contribution >= 4 is 11.6 Å². The van der Waals surface area contributed by atoms with Gasteiger partial charge in [-0.25, -0.2) is 0 Å². The fraction of sp³-hybridized carbons (Fsp3) is 0.500. The van der Waals surface area contributed by atoms with Crippen LogP contribution in [0.2, 0.25) is 0 Å². The second-order valence-electron chi connectivity index (χ2n) is 2.70. The molecule has 0 radical (unpaired) electrons. The molecule has 1 aliphatic carbocycles. The average molecular weight is 174 g/mol. The fourth-order valence-electron chi connectivity index (χ4n) is 1.10. The molecule has 0 amide bonds. The third-order valence-corrected chi connectivity index (χ3v) is 2.07. The van der Waals surface area contributed by atoms with Gasteiger partial charge in [0.1, 0.15) is 0 Å². The summed E-state index contributed by atoms with van der Waals surface area (Å²) in [6.07, 6.45) is 6.59. The summed E-state index contributed by atoms with van der Waals surface area (Å²) in [5, 5.41) is 9.46. The van der Waals surface area contributed by atoms with E-state index in [1.54, 1.807) is 0 Å². The first kappa shape index (κ1) is 8.78. The van der Waals surface area contributed by atoms with Gasteiger partial charge in [-0.15, -0.1) is 0 Å². The van der Waals surface area contributed by atoms with E-state index in [4.69, 9.17) is 22.4 Å². The lowest BCUT2D eigenvalue weighted by Gasteiger charge is -2.19. The van der Waals surface area contributed by atoms with Gasteiger partial charge in [-0.2, -0.15) is 0 Å². The summed E-state index contributed by atoms with van der Waals surface area (Å²) < 4.78 is 0. The summed E-state index contributed by atoms with van der Waals surface area (Å²) in [5.41, 5.74) is 5.62. The Morgan fingerprint density at radius 2 is 2.55 bits per heavy atom.